The Morgan fingerprint density at radius 3 is 2.76 bits per heavy atom. The summed E-state index contributed by atoms with van der Waals surface area (Å²) < 4.78 is 11.7. The monoisotopic (exact) mass is 523 g/mol. The van der Waals surface area contributed by atoms with E-state index in [-0.39, 0.29) is 12.1 Å². The Labute approximate surface area is 222 Å². The van der Waals surface area contributed by atoms with Crippen molar-refractivity contribution in [2.75, 3.05) is 19.7 Å². The number of ether oxygens (including phenoxy) is 2. The number of halogens is 1. The van der Waals surface area contributed by atoms with Gasteiger partial charge in [0, 0.05) is 53.5 Å². The van der Waals surface area contributed by atoms with Crippen molar-refractivity contribution >= 4 is 35.3 Å². The molecule has 1 aliphatic heterocycles. The topological polar surface area (TPSA) is 96.2 Å². The molecule has 2 heterocycles. The van der Waals surface area contributed by atoms with Gasteiger partial charge in [0.05, 0.1) is 6.61 Å². The molecule has 1 amide bonds. The van der Waals surface area contributed by atoms with Crippen LogP contribution in [0.25, 0.3) is 10.9 Å². The number of nitrogens with two attached hydrogens (primary N) is 1. The molecule has 1 atom stereocenters. The summed E-state index contributed by atoms with van der Waals surface area (Å²) in [5.41, 5.74) is 3.53. The first-order valence-electron chi connectivity index (χ1n) is 12.3. The summed E-state index contributed by atoms with van der Waals surface area (Å²) in [7, 11) is 0. The maximum absolute atomic E-state index is 13.3. The molecule has 0 bridgehead atoms. The Kier molecular flexibility index (Phi) is 8.10. The number of carbonyl (C=O) groups excluding carboxylic acids is 1. The van der Waals surface area contributed by atoms with E-state index in [9.17, 15) is 4.79 Å². The Bertz CT molecular complexity index is 1280. The summed E-state index contributed by atoms with van der Waals surface area (Å²) >= 11 is 6.30. The lowest BCUT2D eigenvalue weighted by Gasteiger charge is -2.37. The number of aliphatic imine (C=N–C) groups is 1. The van der Waals surface area contributed by atoms with Crippen molar-refractivity contribution in [1.29, 1.82) is 0 Å². The van der Waals surface area contributed by atoms with Gasteiger partial charge in [-0.25, -0.2) is 10.6 Å². The van der Waals surface area contributed by atoms with Crippen molar-refractivity contribution in [3.05, 3.63) is 76.7 Å². The molecule has 8 nitrogen and oxygen atoms in total. The molecule has 3 aromatic rings. The lowest BCUT2D eigenvalue weighted by molar-refractivity contribution is 0.0175. The summed E-state index contributed by atoms with van der Waals surface area (Å²) in [6.07, 6.45) is 4.32. The molecular formula is C28H34ClN5O3. The highest BCUT2D eigenvalue weighted by Crippen LogP contribution is 2.40. The predicted octanol–water partition coefficient (Wildman–Crippen LogP) is 5.82. The summed E-state index contributed by atoms with van der Waals surface area (Å²) in [5, 5.41) is 3.32. The van der Waals surface area contributed by atoms with E-state index in [1.165, 1.54) is 5.56 Å². The van der Waals surface area contributed by atoms with Gasteiger partial charge in [0.1, 0.15) is 17.4 Å². The molecule has 0 radical (unpaired) electrons. The van der Waals surface area contributed by atoms with Gasteiger partial charge in [-0.05, 0) is 75.4 Å². The van der Waals surface area contributed by atoms with E-state index < -0.39 is 5.60 Å². The van der Waals surface area contributed by atoms with Crippen LogP contribution in [0.1, 0.15) is 50.1 Å². The van der Waals surface area contributed by atoms with Gasteiger partial charge >= 0.3 is 6.09 Å². The van der Waals surface area contributed by atoms with Crippen molar-refractivity contribution in [2.24, 2.45) is 10.8 Å². The number of nitrogens with one attached hydrogen (secondary N) is 1. The molecule has 1 aromatic heterocycles. The second-order valence-corrected chi connectivity index (χ2v) is 10.5. The minimum Gasteiger partial charge on any atom is -0.494 e. The fourth-order valence-electron chi connectivity index (χ4n) is 4.52. The Morgan fingerprint density at radius 2 is 2.05 bits per heavy atom. The molecule has 0 fully saturated rings. The van der Waals surface area contributed by atoms with Crippen molar-refractivity contribution in [2.45, 2.75) is 45.3 Å². The number of aromatic amines is 1. The van der Waals surface area contributed by atoms with Crippen LogP contribution >= 0.6 is 11.6 Å². The number of aromatic nitrogens is 1. The molecule has 4 rings (SSSR count). The fraction of sp³-hybridized carbons (Fsp3) is 0.357. The standard InChI is InChI=1S/C28H34ClN5O3/c1-28(2,3)37-27(35)34-15-12-22-23-18-20(29)8-11-24(23)32-25(22)26(34)19-6-9-21(10-7-19)36-17-5-14-33(30)16-13-31-4/h6-11,13,16,18,26,32H,4-5,12,14-15,17,30H2,1-3H3/b16-13-/t26-/m0/s1. The quantitative estimate of drug-likeness (QED) is 0.168. The van der Waals surface area contributed by atoms with Gasteiger partial charge in [-0.15, -0.1) is 0 Å². The average Bonchev–Trinajstić information content (AvgIpc) is 3.22. The number of nitrogens with zero attached hydrogens (tertiary/aromatic N) is 3. The molecule has 0 saturated heterocycles. The van der Waals surface area contributed by atoms with Gasteiger partial charge in [0.15, 0.2) is 0 Å². The average molecular weight is 524 g/mol. The summed E-state index contributed by atoms with van der Waals surface area (Å²) in [5.74, 6) is 6.59. The first kappa shape index (κ1) is 26.6. The molecule has 0 saturated carbocycles. The van der Waals surface area contributed by atoms with Crippen LogP contribution in [0.3, 0.4) is 0 Å². The first-order chi connectivity index (χ1) is 17.7. The SMILES string of the molecule is C=N/C=C\N(N)CCCOc1ccc([C@H]2c3[nH]c4ccc(Cl)cc4c3CCN2C(=O)OC(C)(C)C)cc1. The van der Waals surface area contributed by atoms with Crippen LogP contribution in [0.4, 0.5) is 4.79 Å². The molecule has 9 heteroatoms. The second kappa shape index (κ2) is 11.3. The van der Waals surface area contributed by atoms with Gasteiger partial charge in [-0.3, -0.25) is 9.89 Å². The molecule has 0 aliphatic carbocycles. The smallest absolute Gasteiger partial charge is 0.411 e. The molecule has 37 heavy (non-hydrogen) atoms. The van der Waals surface area contributed by atoms with E-state index in [1.54, 1.807) is 22.3 Å². The van der Waals surface area contributed by atoms with Crippen molar-refractivity contribution in [3.63, 3.8) is 0 Å². The highest BCUT2D eigenvalue weighted by atomic mass is 35.5. The molecule has 1 aliphatic rings. The number of hydrazine groups is 1. The van der Waals surface area contributed by atoms with E-state index in [0.717, 1.165) is 34.3 Å². The lowest BCUT2D eigenvalue weighted by Crippen LogP contribution is -2.43. The third-order valence-electron chi connectivity index (χ3n) is 6.11. The van der Waals surface area contributed by atoms with E-state index in [4.69, 9.17) is 26.9 Å². The van der Waals surface area contributed by atoms with E-state index >= 15 is 0 Å². The van der Waals surface area contributed by atoms with Crippen LogP contribution in [0.2, 0.25) is 5.02 Å². The minimum absolute atomic E-state index is 0.324. The molecule has 196 valence electrons. The molecule has 0 unspecified atom stereocenters. The highest BCUT2D eigenvalue weighted by Gasteiger charge is 2.36. The van der Waals surface area contributed by atoms with Crippen LogP contribution < -0.4 is 10.6 Å². The summed E-state index contributed by atoms with van der Waals surface area (Å²) in [6.45, 7) is 10.7. The van der Waals surface area contributed by atoms with Crippen LogP contribution in [0.15, 0.2) is 59.9 Å². The van der Waals surface area contributed by atoms with Gasteiger partial charge in [0.2, 0.25) is 0 Å². The van der Waals surface area contributed by atoms with E-state index in [2.05, 4.69) is 16.7 Å². The number of hydrogen-bond donors (Lipinski definition) is 2. The highest BCUT2D eigenvalue weighted by molar-refractivity contribution is 6.31. The van der Waals surface area contributed by atoms with Gasteiger partial charge in [0.25, 0.3) is 0 Å². The van der Waals surface area contributed by atoms with Gasteiger partial charge in [-0.1, -0.05) is 23.7 Å². The summed E-state index contributed by atoms with van der Waals surface area (Å²) in [6, 6.07) is 13.4. The van der Waals surface area contributed by atoms with Crippen LogP contribution in [0.5, 0.6) is 5.75 Å². The summed E-state index contributed by atoms with van der Waals surface area (Å²) in [4.78, 5) is 22.2. The molecule has 0 spiro atoms. The minimum atomic E-state index is -0.593. The molecular weight excluding hydrogens is 490 g/mol. The maximum atomic E-state index is 13.3. The fourth-order valence-corrected chi connectivity index (χ4v) is 4.69. The zero-order valence-electron chi connectivity index (χ0n) is 21.5. The van der Waals surface area contributed by atoms with E-state index in [0.29, 0.717) is 31.1 Å². The molecule has 3 N–H and O–H groups in total. The number of H-pyrrole nitrogens is 1. The second-order valence-electron chi connectivity index (χ2n) is 10.0. The number of fused-ring (bicyclic) bond motifs is 3. The third kappa shape index (κ3) is 6.45. The van der Waals surface area contributed by atoms with Gasteiger partial charge in [-0.2, -0.15) is 0 Å². The predicted molar refractivity (Wildman–Crippen MR) is 148 cm³/mol. The zero-order valence-corrected chi connectivity index (χ0v) is 22.3. The number of carbonyl (C=O) groups is 1. The zero-order chi connectivity index (χ0) is 26.6. The Morgan fingerprint density at radius 1 is 1.30 bits per heavy atom. The lowest BCUT2D eigenvalue weighted by atomic mass is 9.92. The number of rotatable bonds is 8. The van der Waals surface area contributed by atoms with Crippen LogP contribution in [-0.4, -0.2) is 53.0 Å². The van der Waals surface area contributed by atoms with Crippen molar-refractivity contribution < 1.29 is 14.3 Å². The van der Waals surface area contributed by atoms with Crippen molar-refractivity contribution in [1.82, 2.24) is 14.9 Å². The van der Waals surface area contributed by atoms with E-state index in [1.807, 2.05) is 63.2 Å². The molecule has 2 aromatic carbocycles. The first-order valence-corrected chi connectivity index (χ1v) is 12.7. The van der Waals surface area contributed by atoms with Crippen LogP contribution in [-0.2, 0) is 11.2 Å². The number of benzene rings is 2. The maximum Gasteiger partial charge on any atom is 0.411 e. The number of hydrogen-bond acceptors (Lipinski definition) is 6. The largest absolute Gasteiger partial charge is 0.494 e. The third-order valence-corrected chi connectivity index (χ3v) is 6.34. The Balaban J connectivity index is 1.56. The Hall–Kier alpha value is -3.49. The normalized spacial score (nSPS) is 15.6. The van der Waals surface area contributed by atoms with Gasteiger partial charge < -0.3 is 19.5 Å². The number of amides is 1. The van der Waals surface area contributed by atoms with Crippen molar-refractivity contribution in [3.8, 4) is 5.75 Å². The van der Waals surface area contributed by atoms with Crippen LogP contribution in [0, 0.1) is 0 Å².